The molecule has 3 aromatic rings. The summed E-state index contributed by atoms with van der Waals surface area (Å²) in [6, 6.07) is 19.5. The normalized spacial score (nSPS) is 11.2. The molecule has 0 bridgehead atoms. The topological polar surface area (TPSA) is 67.0 Å². The van der Waals surface area contributed by atoms with Gasteiger partial charge in [-0.2, -0.15) is 5.26 Å². The summed E-state index contributed by atoms with van der Waals surface area (Å²) < 4.78 is 7.85. The highest BCUT2D eigenvalue weighted by Crippen LogP contribution is 2.23. The van der Waals surface area contributed by atoms with E-state index in [-0.39, 0.29) is 5.57 Å². The minimum absolute atomic E-state index is 0.0796. The Hall–Kier alpha value is -3.52. The molecular formula is C21H19N3O2. The number of hydrogen-bond acceptors (Lipinski definition) is 3. The summed E-state index contributed by atoms with van der Waals surface area (Å²) in [4.78, 5) is 11.8. The van der Waals surface area contributed by atoms with Gasteiger partial charge < -0.3 is 14.6 Å². The fraction of sp³-hybridized carbons (Fsp3) is 0.143. The number of rotatable bonds is 6. The Balaban J connectivity index is 1.86. The lowest BCUT2D eigenvalue weighted by molar-refractivity contribution is -0.116. The van der Waals surface area contributed by atoms with E-state index in [1.54, 1.807) is 6.08 Å². The highest BCUT2D eigenvalue weighted by molar-refractivity contribution is 6.03. The first kappa shape index (κ1) is 17.3. The first-order valence-electron chi connectivity index (χ1n) is 8.32. The lowest BCUT2D eigenvalue weighted by atomic mass is 10.1. The van der Waals surface area contributed by atoms with Crippen molar-refractivity contribution in [3.05, 3.63) is 71.9 Å². The quantitative estimate of drug-likeness (QED) is 0.550. The van der Waals surface area contributed by atoms with Crippen molar-refractivity contribution in [2.45, 2.75) is 6.54 Å². The summed E-state index contributed by atoms with van der Waals surface area (Å²) in [5.74, 6) is 0.437. The van der Waals surface area contributed by atoms with Crippen LogP contribution < -0.4 is 10.1 Å². The van der Waals surface area contributed by atoms with E-state index in [4.69, 9.17) is 4.74 Å². The Labute approximate surface area is 152 Å². The molecule has 5 heteroatoms. The van der Waals surface area contributed by atoms with Gasteiger partial charge in [-0.1, -0.05) is 36.4 Å². The van der Waals surface area contributed by atoms with E-state index in [0.29, 0.717) is 13.2 Å². The Morgan fingerprint density at radius 1 is 1.19 bits per heavy atom. The molecule has 3 rings (SSSR count). The second-order valence-electron chi connectivity index (χ2n) is 5.71. The highest BCUT2D eigenvalue weighted by atomic mass is 16.5. The van der Waals surface area contributed by atoms with Crippen molar-refractivity contribution in [1.29, 1.82) is 5.26 Å². The molecule has 130 valence electrons. The maximum absolute atomic E-state index is 11.8. The van der Waals surface area contributed by atoms with E-state index in [9.17, 15) is 10.1 Å². The van der Waals surface area contributed by atoms with E-state index in [1.165, 1.54) is 7.05 Å². The maximum Gasteiger partial charge on any atom is 0.261 e. The zero-order chi connectivity index (χ0) is 18.4. The predicted octanol–water partition coefficient (Wildman–Crippen LogP) is 3.37. The SMILES string of the molecule is CNC(=O)/C(C#N)=C\c1cn(CCOc2ccccc2)c2ccccc12. The highest BCUT2D eigenvalue weighted by Gasteiger charge is 2.11. The van der Waals surface area contributed by atoms with E-state index >= 15 is 0 Å². The van der Waals surface area contributed by atoms with Crippen molar-refractivity contribution in [3.8, 4) is 11.8 Å². The van der Waals surface area contributed by atoms with Crippen molar-refractivity contribution in [3.63, 3.8) is 0 Å². The number of aromatic nitrogens is 1. The van der Waals surface area contributed by atoms with Crippen molar-refractivity contribution in [2.24, 2.45) is 0 Å². The fourth-order valence-corrected chi connectivity index (χ4v) is 2.79. The van der Waals surface area contributed by atoms with Crippen LogP contribution in [0.2, 0.25) is 0 Å². The molecule has 5 nitrogen and oxygen atoms in total. The van der Waals surface area contributed by atoms with Gasteiger partial charge in [0.2, 0.25) is 0 Å². The third-order valence-corrected chi connectivity index (χ3v) is 4.06. The Morgan fingerprint density at radius 3 is 2.65 bits per heavy atom. The van der Waals surface area contributed by atoms with E-state index in [0.717, 1.165) is 22.2 Å². The summed E-state index contributed by atoms with van der Waals surface area (Å²) in [5, 5.41) is 12.7. The van der Waals surface area contributed by atoms with Crippen LogP contribution in [-0.4, -0.2) is 24.1 Å². The second kappa shape index (κ2) is 8.04. The Kier molecular flexibility index (Phi) is 5.35. The number of carbonyl (C=O) groups excluding carboxylic acids is 1. The van der Waals surface area contributed by atoms with Crippen molar-refractivity contribution in [1.82, 2.24) is 9.88 Å². The van der Waals surface area contributed by atoms with E-state index in [1.807, 2.05) is 66.9 Å². The maximum atomic E-state index is 11.8. The van der Waals surface area contributed by atoms with Gasteiger partial charge in [-0.25, -0.2) is 0 Å². The summed E-state index contributed by atoms with van der Waals surface area (Å²) >= 11 is 0. The first-order chi connectivity index (χ1) is 12.7. The van der Waals surface area contributed by atoms with Gasteiger partial charge in [0.1, 0.15) is 24.0 Å². The molecule has 0 aliphatic heterocycles. The molecule has 1 aromatic heterocycles. The first-order valence-corrected chi connectivity index (χ1v) is 8.32. The zero-order valence-electron chi connectivity index (χ0n) is 14.5. The number of likely N-dealkylation sites (N-methyl/N-ethyl adjacent to an activating group) is 1. The van der Waals surface area contributed by atoms with Gasteiger partial charge in [0.05, 0.1) is 6.54 Å². The lowest BCUT2D eigenvalue weighted by Gasteiger charge is -2.08. The molecule has 0 radical (unpaired) electrons. The van der Waals surface area contributed by atoms with Crippen LogP contribution in [0.25, 0.3) is 17.0 Å². The van der Waals surface area contributed by atoms with Gasteiger partial charge in [0.25, 0.3) is 5.91 Å². The van der Waals surface area contributed by atoms with Crippen LogP contribution in [0, 0.1) is 11.3 Å². The molecule has 0 atom stereocenters. The molecule has 2 aromatic carbocycles. The molecule has 0 fully saturated rings. The third-order valence-electron chi connectivity index (χ3n) is 4.06. The molecule has 1 heterocycles. The number of nitrogens with zero attached hydrogens (tertiary/aromatic N) is 2. The van der Waals surface area contributed by atoms with Gasteiger partial charge in [-0.05, 0) is 24.3 Å². The average Bonchev–Trinajstić information content (AvgIpc) is 3.04. The summed E-state index contributed by atoms with van der Waals surface area (Å²) in [6.45, 7) is 1.18. The van der Waals surface area contributed by atoms with Crippen LogP contribution in [-0.2, 0) is 11.3 Å². The monoisotopic (exact) mass is 345 g/mol. The van der Waals surface area contributed by atoms with Gasteiger partial charge in [-0.15, -0.1) is 0 Å². The van der Waals surface area contributed by atoms with E-state index in [2.05, 4.69) is 9.88 Å². The Morgan fingerprint density at radius 2 is 1.92 bits per heavy atom. The number of benzene rings is 2. The van der Waals surface area contributed by atoms with Crippen molar-refractivity contribution >= 4 is 22.9 Å². The minimum atomic E-state index is -0.392. The number of ether oxygens (including phenoxy) is 1. The van der Waals surface area contributed by atoms with Crippen LogP contribution >= 0.6 is 0 Å². The zero-order valence-corrected chi connectivity index (χ0v) is 14.5. The smallest absolute Gasteiger partial charge is 0.261 e. The minimum Gasteiger partial charge on any atom is -0.492 e. The van der Waals surface area contributed by atoms with E-state index < -0.39 is 5.91 Å². The van der Waals surface area contributed by atoms with Crippen LogP contribution in [0.4, 0.5) is 0 Å². The number of amides is 1. The molecule has 1 amide bonds. The number of fused-ring (bicyclic) bond motifs is 1. The van der Waals surface area contributed by atoms with Gasteiger partial charge >= 0.3 is 0 Å². The fourth-order valence-electron chi connectivity index (χ4n) is 2.79. The number of hydrogen-bond donors (Lipinski definition) is 1. The number of carbonyl (C=O) groups is 1. The predicted molar refractivity (Wildman–Crippen MR) is 102 cm³/mol. The largest absolute Gasteiger partial charge is 0.492 e. The lowest BCUT2D eigenvalue weighted by Crippen LogP contribution is -2.19. The average molecular weight is 345 g/mol. The summed E-state index contributed by atoms with van der Waals surface area (Å²) in [6.07, 6.45) is 3.56. The Bertz CT molecular complexity index is 981. The van der Waals surface area contributed by atoms with Crippen molar-refractivity contribution in [2.75, 3.05) is 13.7 Å². The molecular weight excluding hydrogens is 326 g/mol. The molecule has 26 heavy (non-hydrogen) atoms. The van der Waals surface area contributed by atoms with Crippen LogP contribution in [0.5, 0.6) is 5.75 Å². The number of nitrogens with one attached hydrogen (secondary N) is 1. The number of nitriles is 1. The van der Waals surface area contributed by atoms with Crippen LogP contribution in [0.3, 0.4) is 0 Å². The van der Waals surface area contributed by atoms with Crippen LogP contribution in [0.1, 0.15) is 5.56 Å². The van der Waals surface area contributed by atoms with Crippen LogP contribution in [0.15, 0.2) is 66.4 Å². The molecule has 0 aliphatic rings. The number of para-hydroxylation sites is 2. The van der Waals surface area contributed by atoms with Crippen molar-refractivity contribution < 1.29 is 9.53 Å². The second-order valence-corrected chi connectivity index (χ2v) is 5.71. The molecule has 0 saturated carbocycles. The third kappa shape index (κ3) is 3.76. The standard InChI is InChI=1S/C21H19N3O2/c1-23-21(25)16(14-22)13-17-15-24(20-10-6-5-9-19(17)20)11-12-26-18-7-3-2-4-8-18/h2-10,13,15H,11-12H2,1H3,(H,23,25)/b16-13-. The van der Waals surface area contributed by atoms with Gasteiger partial charge in [-0.3, -0.25) is 4.79 Å². The molecule has 0 unspecified atom stereocenters. The molecule has 0 spiro atoms. The molecule has 0 aliphatic carbocycles. The summed E-state index contributed by atoms with van der Waals surface area (Å²) in [7, 11) is 1.51. The molecule has 1 N–H and O–H groups in total. The van der Waals surface area contributed by atoms with Gasteiger partial charge in [0.15, 0.2) is 0 Å². The van der Waals surface area contributed by atoms with Gasteiger partial charge in [0, 0.05) is 29.7 Å². The molecule has 0 saturated heterocycles. The summed E-state index contributed by atoms with van der Waals surface area (Å²) in [5.41, 5.74) is 1.95.